The molecule has 3 fully saturated rings. The van der Waals surface area contributed by atoms with Gasteiger partial charge in [0.1, 0.15) is 11.9 Å². The maximum absolute atomic E-state index is 13.2. The van der Waals surface area contributed by atoms with Gasteiger partial charge in [0, 0.05) is 61.5 Å². The predicted molar refractivity (Wildman–Crippen MR) is 158 cm³/mol. The van der Waals surface area contributed by atoms with E-state index in [-0.39, 0.29) is 30.3 Å². The summed E-state index contributed by atoms with van der Waals surface area (Å²) < 4.78 is 7.85. The minimum Gasteiger partial charge on any atom is -0.443 e. The molecule has 0 radical (unpaired) electrons. The first kappa shape index (κ1) is 27.6. The standard InChI is InChI=1S/C30H41N9O2/c1-20(2)26-17-33-39-28(15-27(35-29(26)39)21-9-10-31-32-16-21)34-22-13-23-7-8-24(14-22)38(23)30(40)41-25-18-37(19-25)12-6-5-11-36(3)4/h5-6,9-10,15-17,20,22-25,34H,7-8,11-14,18-19H2,1-4H3/b6-5+. The van der Waals surface area contributed by atoms with E-state index in [1.165, 1.54) is 0 Å². The van der Waals surface area contributed by atoms with E-state index in [0.29, 0.717) is 5.92 Å². The number of amides is 1. The summed E-state index contributed by atoms with van der Waals surface area (Å²) in [5.41, 5.74) is 3.71. The Balaban J connectivity index is 1.10. The van der Waals surface area contributed by atoms with Crippen molar-refractivity contribution in [3.8, 4) is 11.3 Å². The van der Waals surface area contributed by atoms with E-state index in [4.69, 9.17) is 14.8 Å². The Labute approximate surface area is 241 Å². The second kappa shape index (κ2) is 11.7. The number of rotatable bonds is 9. The molecule has 2 atom stereocenters. The van der Waals surface area contributed by atoms with Crippen molar-refractivity contribution in [2.45, 2.75) is 69.7 Å². The van der Waals surface area contributed by atoms with E-state index in [9.17, 15) is 4.79 Å². The molecule has 1 N–H and O–H groups in total. The fraction of sp³-hybridized carbons (Fsp3) is 0.567. The van der Waals surface area contributed by atoms with E-state index >= 15 is 0 Å². The van der Waals surface area contributed by atoms with Gasteiger partial charge in [0.05, 0.1) is 24.3 Å². The lowest BCUT2D eigenvalue weighted by atomic mass is 9.97. The lowest BCUT2D eigenvalue weighted by Crippen LogP contribution is -2.56. The monoisotopic (exact) mass is 559 g/mol. The van der Waals surface area contributed by atoms with Crippen LogP contribution in [-0.2, 0) is 4.74 Å². The van der Waals surface area contributed by atoms with E-state index in [1.54, 1.807) is 12.4 Å². The van der Waals surface area contributed by atoms with Gasteiger partial charge >= 0.3 is 6.09 Å². The van der Waals surface area contributed by atoms with Crippen LogP contribution in [0.1, 0.15) is 51.0 Å². The van der Waals surface area contributed by atoms with Crippen molar-refractivity contribution in [2.75, 3.05) is 45.6 Å². The maximum atomic E-state index is 13.2. The summed E-state index contributed by atoms with van der Waals surface area (Å²) in [6.45, 7) is 7.77. The van der Waals surface area contributed by atoms with Crippen molar-refractivity contribution >= 4 is 17.6 Å². The van der Waals surface area contributed by atoms with Crippen LogP contribution in [0.5, 0.6) is 0 Å². The number of fused-ring (bicyclic) bond motifs is 3. The summed E-state index contributed by atoms with van der Waals surface area (Å²) in [7, 11) is 4.12. The molecule has 6 rings (SSSR count). The third kappa shape index (κ3) is 5.92. The highest BCUT2D eigenvalue weighted by Gasteiger charge is 2.45. The van der Waals surface area contributed by atoms with Crippen LogP contribution >= 0.6 is 0 Å². The normalized spacial score (nSPS) is 23.2. The Hall–Kier alpha value is -3.57. The van der Waals surface area contributed by atoms with E-state index in [0.717, 1.165) is 80.1 Å². The number of carbonyl (C=O) groups excluding carboxylic acids is 1. The highest BCUT2D eigenvalue weighted by atomic mass is 16.6. The largest absolute Gasteiger partial charge is 0.443 e. The molecular formula is C30H41N9O2. The lowest BCUT2D eigenvalue weighted by Gasteiger charge is -2.42. The van der Waals surface area contributed by atoms with Crippen molar-refractivity contribution in [1.29, 1.82) is 0 Å². The average molecular weight is 560 g/mol. The molecule has 2 bridgehead atoms. The summed E-state index contributed by atoms with van der Waals surface area (Å²) in [4.78, 5) is 24.6. The average Bonchev–Trinajstić information content (AvgIpc) is 3.48. The van der Waals surface area contributed by atoms with Gasteiger partial charge in [0.15, 0.2) is 5.65 Å². The zero-order valence-electron chi connectivity index (χ0n) is 24.5. The number of hydrogen-bond donors (Lipinski definition) is 1. The Bertz CT molecular complexity index is 1370. The molecular weight excluding hydrogens is 518 g/mol. The molecule has 1 amide bonds. The molecule has 0 aromatic carbocycles. The molecule has 2 unspecified atom stereocenters. The van der Waals surface area contributed by atoms with Gasteiger partial charge in [-0.2, -0.15) is 19.8 Å². The number of nitrogens with zero attached hydrogens (tertiary/aromatic N) is 8. The van der Waals surface area contributed by atoms with Gasteiger partial charge < -0.3 is 19.9 Å². The van der Waals surface area contributed by atoms with Crippen LogP contribution in [0, 0.1) is 0 Å². The number of hydrogen-bond acceptors (Lipinski definition) is 9. The molecule has 3 aliphatic heterocycles. The van der Waals surface area contributed by atoms with Crippen molar-refractivity contribution in [3.05, 3.63) is 48.4 Å². The Morgan fingerprint density at radius 1 is 1.15 bits per heavy atom. The molecule has 0 spiro atoms. The van der Waals surface area contributed by atoms with Gasteiger partial charge in [-0.15, -0.1) is 0 Å². The van der Waals surface area contributed by atoms with Crippen LogP contribution in [0.4, 0.5) is 10.6 Å². The molecule has 11 heteroatoms. The molecule has 6 heterocycles. The molecule has 3 saturated heterocycles. The Morgan fingerprint density at radius 2 is 1.93 bits per heavy atom. The molecule has 218 valence electrons. The van der Waals surface area contributed by atoms with Gasteiger partial charge in [-0.25, -0.2) is 9.78 Å². The highest BCUT2D eigenvalue weighted by molar-refractivity contribution is 5.70. The van der Waals surface area contributed by atoms with Crippen LogP contribution in [0.15, 0.2) is 42.9 Å². The van der Waals surface area contributed by atoms with E-state index in [1.807, 2.05) is 27.7 Å². The molecule has 3 aromatic rings. The molecule has 3 aromatic heterocycles. The summed E-state index contributed by atoms with van der Waals surface area (Å²) in [6, 6.07) is 4.57. The SMILES string of the molecule is CC(C)c1cnn2c(NC3CC4CCC(C3)N4C(=O)OC3CN(C/C=C/CN(C)C)C3)cc(-c3ccnnc3)nc12. The third-order valence-electron chi connectivity index (χ3n) is 8.49. The summed E-state index contributed by atoms with van der Waals surface area (Å²) in [5, 5.41) is 16.4. The van der Waals surface area contributed by atoms with E-state index < -0.39 is 0 Å². The second-order valence-corrected chi connectivity index (χ2v) is 12.2. The van der Waals surface area contributed by atoms with Gasteiger partial charge in [-0.05, 0) is 51.8 Å². The molecule has 3 aliphatic rings. The van der Waals surface area contributed by atoms with Crippen molar-refractivity contribution < 1.29 is 9.53 Å². The number of nitrogens with one attached hydrogen (secondary N) is 1. The predicted octanol–water partition coefficient (Wildman–Crippen LogP) is 3.66. The Morgan fingerprint density at radius 3 is 2.61 bits per heavy atom. The fourth-order valence-electron chi connectivity index (χ4n) is 6.34. The molecule has 11 nitrogen and oxygen atoms in total. The van der Waals surface area contributed by atoms with Crippen LogP contribution < -0.4 is 5.32 Å². The first-order chi connectivity index (χ1) is 19.9. The number of anilines is 1. The van der Waals surface area contributed by atoms with Gasteiger partial charge in [-0.3, -0.25) is 4.90 Å². The smallest absolute Gasteiger partial charge is 0.410 e. The van der Waals surface area contributed by atoms with Gasteiger partial charge in [0.25, 0.3) is 0 Å². The van der Waals surface area contributed by atoms with Crippen molar-refractivity contribution in [3.63, 3.8) is 0 Å². The zero-order chi connectivity index (χ0) is 28.5. The summed E-state index contributed by atoms with van der Waals surface area (Å²) in [5.74, 6) is 1.20. The molecule has 0 aliphatic carbocycles. The molecule has 0 saturated carbocycles. The van der Waals surface area contributed by atoms with Gasteiger partial charge in [0.2, 0.25) is 0 Å². The van der Waals surface area contributed by atoms with Crippen LogP contribution in [0.3, 0.4) is 0 Å². The van der Waals surface area contributed by atoms with Crippen LogP contribution in [0.2, 0.25) is 0 Å². The Kier molecular flexibility index (Phi) is 7.90. The highest BCUT2D eigenvalue weighted by Crippen LogP contribution is 2.38. The topological polar surface area (TPSA) is 104 Å². The number of carbonyl (C=O) groups is 1. The maximum Gasteiger partial charge on any atom is 0.410 e. The summed E-state index contributed by atoms with van der Waals surface area (Å²) in [6.07, 6.45) is 13.4. The molecule has 41 heavy (non-hydrogen) atoms. The third-order valence-corrected chi connectivity index (χ3v) is 8.49. The minimum absolute atomic E-state index is 0.0128. The minimum atomic E-state index is -0.142. The summed E-state index contributed by atoms with van der Waals surface area (Å²) >= 11 is 0. The fourth-order valence-corrected chi connectivity index (χ4v) is 6.34. The number of likely N-dealkylation sites (tertiary alicyclic amines) is 1. The number of ether oxygens (including phenoxy) is 1. The second-order valence-electron chi connectivity index (χ2n) is 12.2. The van der Waals surface area contributed by atoms with Crippen molar-refractivity contribution in [2.24, 2.45) is 0 Å². The first-order valence-corrected chi connectivity index (χ1v) is 14.8. The number of piperidine rings is 1. The van der Waals surface area contributed by atoms with Crippen molar-refractivity contribution in [1.82, 2.24) is 39.5 Å². The number of aromatic nitrogens is 5. The van der Waals surface area contributed by atoms with Gasteiger partial charge in [-0.1, -0.05) is 26.0 Å². The quantitative estimate of drug-likeness (QED) is 0.394. The number of likely N-dealkylation sites (N-methyl/N-ethyl adjacent to an activating group) is 1. The zero-order valence-corrected chi connectivity index (χ0v) is 24.5. The van der Waals surface area contributed by atoms with Crippen LogP contribution in [0.25, 0.3) is 16.9 Å². The first-order valence-electron chi connectivity index (χ1n) is 14.8. The van der Waals surface area contributed by atoms with Crippen LogP contribution in [-0.4, -0.2) is 110 Å². The lowest BCUT2D eigenvalue weighted by molar-refractivity contribution is -0.0306. The van der Waals surface area contributed by atoms with E-state index in [2.05, 4.69) is 65.4 Å².